The van der Waals surface area contributed by atoms with Crippen molar-refractivity contribution >= 4 is 27.5 Å². The van der Waals surface area contributed by atoms with E-state index in [2.05, 4.69) is 44.2 Å². The molecule has 1 saturated carbocycles. The number of hydrogen-bond donors (Lipinski definition) is 2. The molecule has 8 nitrogen and oxygen atoms in total. The van der Waals surface area contributed by atoms with Crippen LogP contribution in [0.5, 0.6) is 11.8 Å². The molecule has 2 N–H and O–H groups in total. The molecule has 1 aliphatic carbocycles. The van der Waals surface area contributed by atoms with E-state index in [4.69, 9.17) is 16.1 Å². The van der Waals surface area contributed by atoms with Crippen LogP contribution < -0.4 is 15.0 Å². The van der Waals surface area contributed by atoms with E-state index in [1.807, 2.05) is 0 Å². The van der Waals surface area contributed by atoms with Gasteiger partial charge >= 0.3 is 6.01 Å². The summed E-state index contributed by atoms with van der Waals surface area (Å²) in [6.45, 7) is 11.8. The van der Waals surface area contributed by atoms with E-state index < -0.39 is 11.6 Å². The fraction of sp³-hybridized carbons (Fsp3) is 0.395. The van der Waals surface area contributed by atoms with Gasteiger partial charge in [-0.15, -0.1) is 6.42 Å². The normalized spacial score (nSPS) is 24.9. The monoisotopic (exact) mass is 646 g/mol. The molecular weight excluding hydrogens is 610 g/mol. The summed E-state index contributed by atoms with van der Waals surface area (Å²) in [5.74, 6) is 2.15. The Hall–Kier alpha value is -4.59. The van der Waals surface area contributed by atoms with E-state index in [9.17, 15) is 9.50 Å². The van der Waals surface area contributed by atoms with Crippen LogP contribution in [0.4, 0.5) is 14.6 Å². The quantitative estimate of drug-likeness (QED) is 0.199. The molecular formula is C38H36F2N6O2. The number of aromatic nitrogens is 3. The summed E-state index contributed by atoms with van der Waals surface area (Å²) in [4.78, 5) is 18.8. The van der Waals surface area contributed by atoms with E-state index in [0.717, 1.165) is 63.0 Å². The van der Waals surface area contributed by atoms with Crippen molar-refractivity contribution in [1.29, 1.82) is 0 Å². The standard InChI is InChI=1S/C38H36F2N6O2/c1-4-27-30(39)8-5-23-11-26(47)12-28(31(23)27)33-32(40)34-29(15-41-33)35(45-18-25-9-10-38(19-45,44-25)24-6-7-24)43-36(42-34)48-20-37-13-21(2)16-46(37)17-22(3)14-37/h1,5,8,11-12,15,24-25,44,47H,2-3,6-7,9-10,13-14,16-20H2. The Kier molecular flexibility index (Phi) is 6.43. The molecule has 2 bridgehead atoms. The van der Waals surface area contributed by atoms with Crippen molar-refractivity contribution in [3.63, 3.8) is 0 Å². The Labute approximate surface area is 277 Å². The highest BCUT2D eigenvalue weighted by molar-refractivity contribution is 6.03. The fourth-order valence-electron chi connectivity index (χ4n) is 9.08. The van der Waals surface area contributed by atoms with Crippen molar-refractivity contribution in [1.82, 2.24) is 25.2 Å². The number of piperazine rings is 1. The summed E-state index contributed by atoms with van der Waals surface area (Å²) in [6, 6.07) is 5.97. The first-order valence-corrected chi connectivity index (χ1v) is 16.7. The number of rotatable bonds is 6. The molecule has 4 saturated heterocycles. The first-order chi connectivity index (χ1) is 23.1. The maximum atomic E-state index is 17.0. The molecule has 5 fully saturated rings. The lowest BCUT2D eigenvalue weighted by Gasteiger charge is -2.42. The molecule has 2 aromatic heterocycles. The third-order valence-electron chi connectivity index (χ3n) is 11.2. The zero-order chi connectivity index (χ0) is 32.9. The molecule has 9 rings (SSSR count). The lowest BCUT2D eigenvalue weighted by atomic mass is 9.90. The van der Waals surface area contributed by atoms with Gasteiger partial charge in [-0.2, -0.15) is 9.97 Å². The topological polar surface area (TPSA) is 86.6 Å². The van der Waals surface area contributed by atoms with Gasteiger partial charge in [-0.1, -0.05) is 36.3 Å². The second-order valence-electron chi connectivity index (χ2n) is 14.6. The minimum atomic E-state index is -0.724. The molecule has 2 unspecified atom stereocenters. The molecule has 244 valence electrons. The van der Waals surface area contributed by atoms with Crippen LogP contribution in [0, 0.1) is 29.9 Å². The molecule has 0 radical (unpaired) electrons. The number of phenolic OH excluding ortho intramolecular Hbond substituents is 1. The number of pyridine rings is 1. The zero-order valence-corrected chi connectivity index (χ0v) is 26.7. The van der Waals surface area contributed by atoms with Crippen LogP contribution in [-0.4, -0.2) is 74.9 Å². The number of fused-ring (bicyclic) bond motifs is 5. The predicted molar refractivity (Wildman–Crippen MR) is 181 cm³/mol. The van der Waals surface area contributed by atoms with Crippen molar-refractivity contribution in [3.8, 4) is 35.4 Å². The van der Waals surface area contributed by atoms with Gasteiger partial charge in [0.15, 0.2) is 5.82 Å². The Morgan fingerprint density at radius 2 is 1.90 bits per heavy atom. The van der Waals surface area contributed by atoms with E-state index in [1.54, 1.807) is 6.20 Å². The average molecular weight is 647 g/mol. The minimum Gasteiger partial charge on any atom is -0.508 e. The van der Waals surface area contributed by atoms with Crippen LogP contribution in [0.1, 0.15) is 44.1 Å². The fourth-order valence-corrected chi connectivity index (χ4v) is 9.08. The van der Waals surface area contributed by atoms with Crippen LogP contribution in [0.25, 0.3) is 32.9 Å². The zero-order valence-electron chi connectivity index (χ0n) is 26.7. The third kappa shape index (κ3) is 4.51. The molecule has 4 aromatic rings. The number of terminal acetylenes is 1. The number of halogens is 2. The highest BCUT2D eigenvalue weighted by atomic mass is 19.1. The second-order valence-corrected chi connectivity index (χ2v) is 14.6. The lowest BCUT2D eigenvalue weighted by molar-refractivity contribution is 0.108. The molecule has 48 heavy (non-hydrogen) atoms. The summed E-state index contributed by atoms with van der Waals surface area (Å²) in [6.07, 6.45) is 13.5. The van der Waals surface area contributed by atoms with Gasteiger partial charge in [0, 0.05) is 54.9 Å². The summed E-state index contributed by atoms with van der Waals surface area (Å²) >= 11 is 0. The van der Waals surface area contributed by atoms with E-state index in [0.29, 0.717) is 40.5 Å². The average Bonchev–Trinajstić information content (AvgIpc) is 3.75. The number of nitrogens with one attached hydrogen (secondary N) is 1. The van der Waals surface area contributed by atoms with Crippen molar-refractivity contribution in [2.75, 3.05) is 37.7 Å². The van der Waals surface area contributed by atoms with Gasteiger partial charge in [-0.3, -0.25) is 9.88 Å². The maximum Gasteiger partial charge on any atom is 0.319 e. The van der Waals surface area contributed by atoms with Crippen molar-refractivity contribution in [2.24, 2.45) is 5.92 Å². The van der Waals surface area contributed by atoms with Crippen molar-refractivity contribution < 1.29 is 18.6 Å². The van der Waals surface area contributed by atoms with Crippen LogP contribution in [0.15, 0.2) is 54.8 Å². The van der Waals surface area contributed by atoms with Crippen LogP contribution >= 0.6 is 0 Å². The summed E-state index contributed by atoms with van der Waals surface area (Å²) in [5, 5.41) is 15.7. The first-order valence-electron chi connectivity index (χ1n) is 16.7. The van der Waals surface area contributed by atoms with Crippen LogP contribution in [0.2, 0.25) is 0 Å². The van der Waals surface area contributed by atoms with Crippen LogP contribution in [-0.2, 0) is 0 Å². The second kappa shape index (κ2) is 10.5. The number of hydrogen-bond acceptors (Lipinski definition) is 8. The van der Waals surface area contributed by atoms with E-state index in [1.165, 1.54) is 37.1 Å². The van der Waals surface area contributed by atoms with Crippen molar-refractivity contribution in [2.45, 2.75) is 55.6 Å². The summed E-state index contributed by atoms with van der Waals surface area (Å²) < 4.78 is 38.4. The smallest absolute Gasteiger partial charge is 0.319 e. The highest BCUT2D eigenvalue weighted by Gasteiger charge is 2.53. The van der Waals surface area contributed by atoms with Crippen LogP contribution in [0.3, 0.4) is 0 Å². The molecule has 2 aromatic carbocycles. The number of nitrogens with zero attached hydrogens (tertiary/aromatic N) is 5. The third-order valence-corrected chi connectivity index (χ3v) is 11.2. The van der Waals surface area contributed by atoms with Crippen molar-refractivity contribution in [3.05, 3.63) is 72.0 Å². The van der Waals surface area contributed by atoms with Gasteiger partial charge in [0.25, 0.3) is 0 Å². The summed E-state index contributed by atoms with van der Waals surface area (Å²) in [5.41, 5.74) is 2.12. The van der Waals surface area contributed by atoms with Gasteiger partial charge in [-0.25, -0.2) is 8.78 Å². The highest BCUT2D eigenvalue weighted by Crippen LogP contribution is 2.49. The Morgan fingerprint density at radius 3 is 2.65 bits per heavy atom. The molecule has 10 heteroatoms. The lowest BCUT2D eigenvalue weighted by Crippen LogP contribution is -2.61. The Morgan fingerprint density at radius 1 is 1.10 bits per heavy atom. The first kappa shape index (κ1) is 29.5. The molecule has 4 aliphatic heterocycles. The van der Waals surface area contributed by atoms with Gasteiger partial charge in [0.2, 0.25) is 0 Å². The maximum absolute atomic E-state index is 17.0. The molecule has 5 aliphatic rings. The largest absolute Gasteiger partial charge is 0.508 e. The number of anilines is 1. The molecule has 6 heterocycles. The van der Waals surface area contributed by atoms with Gasteiger partial charge in [0.1, 0.15) is 35.2 Å². The number of phenols is 1. The van der Waals surface area contributed by atoms with E-state index in [-0.39, 0.29) is 45.2 Å². The SMILES string of the molecule is C#Cc1c(F)ccc2cc(O)cc(-c3ncc4c(N5CC6CCC(C7CC7)(C5)N6)nc(OCC56CC(=C)CN5CC(=C)C6)nc4c3F)c12. The Balaban J connectivity index is 1.19. The predicted octanol–water partition coefficient (Wildman–Crippen LogP) is 5.87. The van der Waals surface area contributed by atoms with Gasteiger partial charge < -0.3 is 20.1 Å². The molecule has 0 spiro atoms. The van der Waals surface area contributed by atoms with E-state index >= 15 is 4.39 Å². The minimum absolute atomic E-state index is 0.0111. The number of benzene rings is 2. The van der Waals surface area contributed by atoms with Gasteiger partial charge in [0.05, 0.1) is 16.5 Å². The van der Waals surface area contributed by atoms with Gasteiger partial charge in [-0.05, 0) is 68.0 Å². The molecule has 2 atom stereocenters. The summed E-state index contributed by atoms with van der Waals surface area (Å²) in [7, 11) is 0. The Bertz CT molecular complexity index is 2100. The number of ether oxygens (including phenoxy) is 1. The number of aromatic hydroxyl groups is 1. The molecule has 0 amide bonds.